The predicted molar refractivity (Wildman–Crippen MR) is 59.1 cm³/mol. The lowest BCUT2D eigenvalue weighted by atomic mass is 10.2. The van der Waals surface area contributed by atoms with Gasteiger partial charge in [0.05, 0.1) is 0 Å². The van der Waals surface area contributed by atoms with Crippen LogP contribution in [0.1, 0.15) is 12.5 Å². The molecular formula is C11H12FN3O2. The van der Waals surface area contributed by atoms with Crippen LogP contribution in [-0.4, -0.2) is 35.0 Å². The number of rotatable bonds is 3. The Balaban J connectivity index is 2.07. The Morgan fingerprint density at radius 2 is 2.35 bits per heavy atom. The minimum atomic E-state index is -0.560. The topological polar surface area (TPSA) is 54.8 Å². The molecule has 0 aliphatic carbocycles. The summed E-state index contributed by atoms with van der Waals surface area (Å²) in [7, 11) is 0. The number of aliphatic imine (C=N–C) groups is 1. The monoisotopic (exact) mass is 237 g/mol. The van der Waals surface area contributed by atoms with Gasteiger partial charge in [-0.15, -0.1) is 0 Å². The van der Waals surface area contributed by atoms with Gasteiger partial charge in [0, 0.05) is 19.3 Å². The molecule has 5 nitrogen and oxygen atoms in total. The van der Waals surface area contributed by atoms with E-state index in [1.807, 2.05) is 11.8 Å². The second-order valence-electron chi connectivity index (χ2n) is 3.59. The predicted octanol–water partition coefficient (Wildman–Crippen LogP) is 1.59. The number of hydrogen-bond donors (Lipinski definition) is 0. The molecule has 0 atom stereocenters. The summed E-state index contributed by atoms with van der Waals surface area (Å²) in [5.74, 6) is 0.0929. The van der Waals surface area contributed by atoms with E-state index < -0.39 is 12.0 Å². The van der Waals surface area contributed by atoms with Crippen molar-refractivity contribution >= 4 is 11.9 Å². The van der Waals surface area contributed by atoms with E-state index in [9.17, 15) is 9.18 Å². The van der Waals surface area contributed by atoms with Crippen molar-refractivity contribution < 1.29 is 13.9 Å². The Bertz CT molecular complexity index is 445. The maximum atomic E-state index is 12.6. The summed E-state index contributed by atoms with van der Waals surface area (Å²) in [4.78, 5) is 20.1. The molecular weight excluding hydrogens is 225 g/mol. The van der Waals surface area contributed by atoms with Gasteiger partial charge in [0.1, 0.15) is 0 Å². The molecule has 17 heavy (non-hydrogen) atoms. The number of carbonyl (C=O) groups excluding carboxylic acids is 1. The quantitative estimate of drug-likeness (QED) is 0.749. The van der Waals surface area contributed by atoms with Crippen LogP contribution in [0.5, 0.6) is 0 Å². The van der Waals surface area contributed by atoms with Crippen LogP contribution in [0.3, 0.4) is 0 Å². The molecule has 2 heterocycles. The molecule has 0 unspecified atom stereocenters. The molecule has 0 radical (unpaired) electrons. The van der Waals surface area contributed by atoms with Gasteiger partial charge in [-0.25, -0.2) is 9.78 Å². The van der Waals surface area contributed by atoms with Gasteiger partial charge in [-0.2, -0.15) is 9.38 Å². The van der Waals surface area contributed by atoms with Crippen LogP contribution in [0.25, 0.3) is 0 Å². The minimum Gasteiger partial charge on any atom is -0.440 e. The molecule has 2 rings (SSSR count). The summed E-state index contributed by atoms with van der Waals surface area (Å²) >= 11 is 0. The van der Waals surface area contributed by atoms with E-state index in [1.165, 1.54) is 12.3 Å². The van der Waals surface area contributed by atoms with E-state index in [0.717, 1.165) is 5.56 Å². The number of amides is 1. The van der Waals surface area contributed by atoms with Crippen LogP contribution >= 0.6 is 0 Å². The first-order chi connectivity index (χ1) is 8.19. The number of halogens is 1. The number of aromatic nitrogens is 1. The zero-order valence-corrected chi connectivity index (χ0v) is 9.39. The van der Waals surface area contributed by atoms with Crippen LogP contribution < -0.4 is 0 Å². The van der Waals surface area contributed by atoms with Gasteiger partial charge in [0.15, 0.2) is 12.4 Å². The number of likely N-dealkylation sites (N-methyl/N-ethyl adjacent to an activating group) is 1. The third-order valence-corrected chi connectivity index (χ3v) is 2.45. The van der Waals surface area contributed by atoms with Gasteiger partial charge >= 0.3 is 6.09 Å². The van der Waals surface area contributed by atoms with Gasteiger partial charge in [-0.3, -0.25) is 0 Å². The van der Waals surface area contributed by atoms with Crippen LogP contribution in [0, 0.1) is 5.95 Å². The van der Waals surface area contributed by atoms with Crippen LogP contribution in [0.4, 0.5) is 9.18 Å². The molecule has 0 N–H and O–H groups in total. The number of carbonyl (C=O) groups is 1. The largest absolute Gasteiger partial charge is 0.440 e. The SMILES string of the molecule is CCN(Cc1ccc(F)nc1)C1=NC(=O)OC1. The van der Waals surface area contributed by atoms with Gasteiger partial charge in [-0.1, -0.05) is 6.07 Å². The maximum absolute atomic E-state index is 12.6. The minimum absolute atomic E-state index is 0.196. The first-order valence-electron chi connectivity index (χ1n) is 5.28. The van der Waals surface area contributed by atoms with Crippen LogP contribution in [0.2, 0.25) is 0 Å². The molecule has 6 heteroatoms. The fourth-order valence-corrected chi connectivity index (χ4v) is 1.56. The Morgan fingerprint density at radius 3 is 2.88 bits per heavy atom. The Hall–Kier alpha value is -1.98. The zero-order valence-electron chi connectivity index (χ0n) is 9.39. The van der Waals surface area contributed by atoms with Crippen molar-refractivity contribution in [3.05, 3.63) is 29.8 Å². The summed E-state index contributed by atoms with van der Waals surface area (Å²) in [6.45, 7) is 3.36. The molecule has 1 aromatic heterocycles. The van der Waals surface area contributed by atoms with E-state index in [2.05, 4.69) is 9.98 Å². The molecule has 0 fully saturated rings. The van der Waals surface area contributed by atoms with Crippen molar-refractivity contribution in [2.24, 2.45) is 4.99 Å². The first kappa shape index (κ1) is 11.5. The third-order valence-electron chi connectivity index (χ3n) is 2.45. The molecule has 0 saturated heterocycles. The van der Waals surface area contributed by atoms with Gasteiger partial charge in [-0.05, 0) is 18.6 Å². The Kier molecular flexibility index (Phi) is 3.32. The van der Waals surface area contributed by atoms with Crippen LogP contribution in [-0.2, 0) is 11.3 Å². The summed E-state index contributed by atoms with van der Waals surface area (Å²) in [6, 6.07) is 2.96. The molecule has 0 aromatic carbocycles. The fraction of sp³-hybridized carbons (Fsp3) is 0.364. The number of amidine groups is 1. The highest BCUT2D eigenvalue weighted by atomic mass is 19.1. The number of cyclic esters (lactones) is 1. The molecule has 0 spiro atoms. The van der Waals surface area contributed by atoms with E-state index in [0.29, 0.717) is 18.9 Å². The number of hydrogen-bond acceptors (Lipinski definition) is 4. The Morgan fingerprint density at radius 1 is 1.53 bits per heavy atom. The summed E-state index contributed by atoms with van der Waals surface area (Å²) in [6.07, 6.45) is 0.909. The standard InChI is InChI=1S/C11H12FN3O2/c1-2-15(10-7-17-11(16)14-10)6-8-3-4-9(12)13-5-8/h3-5H,2,6-7H2,1H3. The van der Waals surface area contributed by atoms with Crippen molar-refractivity contribution in [3.63, 3.8) is 0 Å². The molecule has 0 saturated carbocycles. The second-order valence-corrected chi connectivity index (χ2v) is 3.59. The Labute approximate surface area is 97.9 Å². The van der Waals surface area contributed by atoms with Crippen molar-refractivity contribution in [3.8, 4) is 0 Å². The smallest absolute Gasteiger partial charge is 0.435 e. The summed E-state index contributed by atoms with van der Waals surface area (Å²) in [5, 5.41) is 0. The zero-order chi connectivity index (χ0) is 12.3. The lowest BCUT2D eigenvalue weighted by Gasteiger charge is -2.21. The molecule has 90 valence electrons. The highest BCUT2D eigenvalue weighted by Gasteiger charge is 2.20. The van der Waals surface area contributed by atoms with Gasteiger partial charge < -0.3 is 9.64 Å². The molecule has 1 amide bonds. The van der Waals surface area contributed by atoms with Crippen molar-refractivity contribution in [2.75, 3.05) is 13.2 Å². The fourth-order valence-electron chi connectivity index (χ4n) is 1.56. The number of pyridine rings is 1. The summed E-state index contributed by atoms with van der Waals surface area (Å²) in [5.41, 5.74) is 0.857. The first-order valence-corrected chi connectivity index (χ1v) is 5.28. The van der Waals surface area contributed by atoms with Crippen molar-refractivity contribution in [1.29, 1.82) is 0 Å². The third kappa shape index (κ3) is 2.77. The van der Waals surface area contributed by atoms with Crippen molar-refractivity contribution in [2.45, 2.75) is 13.5 Å². The highest BCUT2D eigenvalue weighted by Crippen LogP contribution is 2.09. The number of nitrogens with zero attached hydrogens (tertiary/aromatic N) is 3. The van der Waals surface area contributed by atoms with Gasteiger partial charge in [0.2, 0.25) is 5.95 Å². The van der Waals surface area contributed by atoms with Crippen molar-refractivity contribution in [1.82, 2.24) is 9.88 Å². The maximum Gasteiger partial charge on any atom is 0.435 e. The second kappa shape index (κ2) is 4.90. The van der Waals surface area contributed by atoms with Crippen LogP contribution in [0.15, 0.2) is 23.3 Å². The molecule has 1 aliphatic rings. The lowest BCUT2D eigenvalue weighted by molar-refractivity contribution is 0.179. The van der Waals surface area contributed by atoms with E-state index in [1.54, 1.807) is 6.07 Å². The highest BCUT2D eigenvalue weighted by molar-refractivity contribution is 5.97. The molecule has 1 aliphatic heterocycles. The average Bonchev–Trinajstić information content (AvgIpc) is 2.75. The molecule has 0 bridgehead atoms. The lowest BCUT2D eigenvalue weighted by Crippen LogP contribution is -2.31. The molecule has 1 aromatic rings. The van der Waals surface area contributed by atoms with E-state index in [-0.39, 0.29) is 6.61 Å². The van der Waals surface area contributed by atoms with E-state index in [4.69, 9.17) is 4.74 Å². The van der Waals surface area contributed by atoms with Gasteiger partial charge in [0.25, 0.3) is 0 Å². The normalized spacial score (nSPS) is 14.5. The average molecular weight is 237 g/mol. The summed E-state index contributed by atoms with van der Waals surface area (Å²) < 4.78 is 17.4. The van der Waals surface area contributed by atoms with E-state index >= 15 is 0 Å². The number of ether oxygens (including phenoxy) is 1.